The van der Waals surface area contributed by atoms with Crippen LogP contribution in [0.15, 0.2) is 33.4 Å². The van der Waals surface area contributed by atoms with E-state index < -0.39 is 5.41 Å². The van der Waals surface area contributed by atoms with Crippen molar-refractivity contribution in [1.29, 1.82) is 0 Å². The topological polar surface area (TPSA) is 79.8 Å². The van der Waals surface area contributed by atoms with Crippen LogP contribution in [0, 0.1) is 5.41 Å². The van der Waals surface area contributed by atoms with Gasteiger partial charge < -0.3 is 18.7 Å². The van der Waals surface area contributed by atoms with Gasteiger partial charge in [-0.2, -0.15) is 0 Å². The largest absolute Gasteiger partial charge is 0.461 e. The summed E-state index contributed by atoms with van der Waals surface area (Å²) in [4.78, 5) is 28.3. The lowest BCUT2D eigenvalue weighted by Gasteiger charge is -2.37. The van der Waals surface area contributed by atoms with Gasteiger partial charge in [0.15, 0.2) is 11.5 Å². The normalized spacial score (nSPS) is 15.6. The molecule has 0 aliphatic carbocycles. The van der Waals surface area contributed by atoms with Gasteiger partial charge in [-0.15, -0.1) is 0 Å². The van der Waals surface area contributed by atoms with E-state index in [1.54, 1.807) is 28.0 Å². The van der Waals surface area contributed by atoms with Gasteiger partial charge in [0.1, 0.15) is 0 Å². The Morgan fingerprint density at radius 3 is 2.33 bits per heavy atom. The van der Waals surface area contributed by atoms with Crippen LogP contribution in [0.5, 0.6) is 0 Å². The summed E-state index contributed by atoms with van der Waals surface area (Å²) in [6.45, 7) is 7.75. The average Bonchev–Trinajstić information content (AvgIpc) is 3.23. The molecule has 2 aromatic heterocycles. The second kappa shape index (κ2) is 6.14. The molecule has 1 fully saturated rings. The molecule has 1 saturated heterocycles. The van der Waals surface area contributed by atoms with Crippen molar-refractivity contribution in [2.45, 2.75) is 20.8 Å². The van der Waals surface area contributed by atoms with Crippen molar-refractivity contribution in [3.05, 3.63) is 30.2 Å². The fraction of sp³-hybridized carbons (Fsp3) is 0.471. The second-order valence-electron chi connectivity index (χ2n) is 6.89. The Morgan fingerprint density at radius 1 is 1.08 bits per heavy atom. The third-order valence-corrected chi connectivity index (χ3v) is 3.99. The predicted octanol–water partition coefficient (Wildman–Crippen LogP) is 2.27. The maximum atomic E-state index is 12.5. The molecule has 2 aromatic rings. The van der Waals surface area contributed by atoms with Crippen LogP contribution in [0.3, 0.4) is 0 Å². The monoisotopic (exact) mass is 331 g/mol. The van der Waals surface area contributed by atoms with Gasteiger partial charge in [-0.3, -0.25) is 9.59 Å². The zero-order valence-electron chi connectivity index (χ0n) is 14.1. The number of hydrogen-bond donors (Lipinski definition) is 0. The van der Waals surface area contributed by atoms with Crippen molar-refractivity contribution >= 4 is 11.8 Å². The van der Waals surface area contributed by atoms with Gasteiger partial charge in [-0.1, -0.05) is 25.9 Å². The highest BCUT2D eigenvalue weighted by atomic mass is 16.5. The number of nitrogens with zero attached hydrogens (tertiary/aromatic N) is 3. The van der Waals surface area contributed by atoms with Crippen molar-refractivity contribution in [2.75, 3.05) is 26.2 Å². The molecular formula is C17H21N3O4. The highest BCUT2D eigenvalue weighted by Crippen LogP contribution is 2.22. The molecular weight excluding hydrogens is 310 g/mol. The maximum absolute atomic E-state index is 12.5. The third-order valence-electron chi connectivity index (χ3n) is 3.99. The van der Waals surface area contributed by atoms with Crippen LogP contribution in [-0.2, 0) is 4.79 Å². The van der Waals surface area contributed by atoms with Crippen molar-refractivity contribution in [2.24, 2.45) is 5.41 Å². The number of carbonyl (C=O) groups excluding carboxylic acids is 2. The molecule has 1 aliphatic rings. The SMILES string of the molecule is CC(C)(C)C(=O)N1CCN(C(=O)c2cc(-c3ccco3)on2)CC1. The minimum Gasteiger partial charge on any atom is -0.461 e. The van der Waals surface area contributed by atoms with Gasteiger partial charge in [0.25, 0.3) is 5.91 Å². The van der Waals surface area contributed by atoms with Crippen molar-refractivity contribution in [3.8, 4) is 11.5 Å². The second-order valence-corrected chi connectivity index (χ2v) is 6.89. The van der Waals surface area contributed by atoms with Gasteiger partial charge in [0.05, 0.1) is 6.26 Å². The lowest BCUT2D eigenvalue weighted by atomic mass is 9.94. The summed E-state index contributed by atoms with van der Waals surface area (Å²) >= 11 is 0. The van der Waals surface area contributed by atoms with Gasteiger partial charge in [0.2, 0.25) is 11.7 Å². The molecule has 0 saturated carbocycles. The molecule has 3 heterocycles. The summed E-state index contributed by atoms with van der Waals surface area (Å²) in [5.41, 5.74) is -0.159. The zero-order chi connectivity index (χ0) is 17.3. The number of aromatic nitrogens is 1. The van der Waals surface area contributed by atoms with Gasteiger partial charge in [-0.25, -0.2) is 0 Å². The Hall–Kier alpha value is -2.57. The zero-order valence-corrected chi connectivity index (χ0v) is 14.1. The molecule has 24 heavy (non-hydrogen) atoms. The smallest absolute Gasteiger partial charge is 0.276 e. The molecule has 0 aromatic carbocycles. The van der Waals surface area contributed by atoms with Gasteiger partial charge in [-0.05, 0) is 12.1 Å². The average molecular weight is 331 g/mol. The third kappa shape index (κ3) is 3.20. The summed E-state index contributed by atoms with van der Waals surface area (Å²) in [7, 11) is 0. The lowest BCUT2D eigenvalue weighted by Crippen LogP contribution is -2.53. The molecule has 0 N–H and O–H groups in total. The molecule has 0 radical (unpaired) electrons. The molecule has 0 atom stereocenters. The van der Waals surface area contributed by atoms with E-state index in [-0.39, 0.29) is 17.5 Å². The van der Waals surface area contributed by atoms with E-state index in [1.165, 1.54) is 6.26 Å². The summed E-state index contributed by atoms with van der Waals surface area (Å²) in [5, 5.41) is 3.83. The van der Waals surface area contributed by atoms with Crippen molar-refractivity contribution in [3.63, 3.8) is 0 Å². The molecule has 7 nitrogen and oxygen atoms in total. The highest BCUT2D eigenvalue weighted by Gasteiger charge is 2.31. The molecule has 1 aliphatic heterocycles. The number of rotatable bonds is 2. The van der Waals surface area contributed by atoms with Crippen LogP contribution in [0.25, 0.3) is 11.5 Å². The maximum Gasteiger partial charge on any atom is 0.276 e. The van der Waals surface area contributed by atoms with E-state index in [2.05, 4.69) is 5.16 Å². The molecule has 0 bridgehead atoms. The summed E-state index contributed by atoms with van der Waals surface area (Å²) < 4.78 is 10.4. The fourth-order valence-electron chi connectivity index (χ4n) is 2.66. The van der Waals surface area contributed by atoms with E-state index in [0.29, 0.717) is 37.7 Å². The standard InChI is InChI=1S/C17H21N3O4/c1-17(2,3)16(22)20-8-6-19(7-9-20)15(21)12-11-14(24-18-12)13-5-4-10-23-13/h4-5,10-11H,6-9H2,1-3H3. The van der Waals surface area contributed by atoms with E-state index in [0.717, 1.165) is 0 Å². The Bertz CT molecular complexity index is 719. The Kier molecular flexibility index (Phi) is 4.17. The first-order chi connectivity index (χ1) is 11.4. The first-order valence-electron chi connectivity index (χ1n) is 7.95. The molecule has 7 heteroatoms. The number of furan rings is 1. The van der Waals surface area contributed by atoms with Crippen LogP contribution in [0.4, 0.5) is 0 Å². The fourth-order valence-corrected chi connectivity index (χ4v) is 2.66. The molecule has 0 spiro atoms. The summed E-state index contributed by atoms with van der Waals surface area (Å²) in [6, 6.07) is 5.06. The van der Waals surface area contributed by atoms with E-state index >= 15 is 0 Å². The van der Waals surface area contributed by atoms with Crippen LogP contribution in [0.1, 0.15) is 31.3 Å². The number of hydrogen-bond acceptors (Lipinski definition) is 5. The van der Waals surface area contributed by atoms with E-state index in [4.69, 9.17) is 8.94 Å². The van der Waals surface area contributed by atoms with Crippen LogP contribution in [-0.4, -0.2) is 52.9 Å². The summed E-state index contributed by atoms with van der Waals surface area (Å²) in [6.07, 6.45) is 1.53. The van der Waals surface area contributed by atoms with Crippen LogP contribution >= 0.6 is 0 Å². The molecule has 0 unspecified atom stereocenters. The van der Waals surface area contributed by atoms with Crippen LogP contribution in [0.2, 0.25) is 0 Å². The number of carbonyl (C=O) groups is 2. The first-order valence-corrected chi connectivity index (χ1v) is 7.95. The summed E-state index contributed by atoms with van der Waals surface area (Å²) in [5.74, 6) is 0.864. The Labute approximate surface area is 140 Å². The first kappa shape index (κ1) is 16.3. The van der Waals surface area contributed by atoms with Crippen molar-refractivity contribution in [1.82, 2.24) is 15.0 Å². The van der Waals surface area contributed by atoms with Crippen molar-refractivity contribution < 1.29 is 18.5 Å². The van der Waals surface area contributed by atoms with Gasteiger partial charge in [0, 0.05) is 37.7 Å². The lowest BCUT2D eigenvalue weighted by molar-refractivity contribution is -0.140. The molecule has 3 rings (SSSR count). The Balaban J connectivity index is 1.63. The Morgan fingerprint density at radius 2 is 1.75 bits per heavy atom. The van der Waals surface area contributed by atoms with Gasteiger partial charge >= 0.3 is 0 Å². The minimum atomic E-state index is -0.407. The predicted molar refractivity (Wildman–Crippen MR) is 86.1 cm³/mol. The quantitative estimate of drug-likeness (QED) is 0.843. The minimum absolute atomic E-state index is 0.108. The van der Waals surface area contributed by atoms with E-state index in [9.17, 15) is 9.59 Å². The molecule has 128 valence electrons. The number of amides is 2. The van der Waals surface area contributed by atoms with E-state index in [1.807, 2.05) is 20.8 Å². The number of piperazine rings is 1. The molecule has 2 amide bonds. The van der Waals surface area contributed by atoms with Crippen LogP contribution < -0.4 is 0 Å². The highest BCUT2D eigenvalue weighted by molar-refractivity contribution is 5.93.